The van der Waals surface area contributed by atoms with Crippen molar-refractivity contribution in [1.29, 1.82) is 0 Å². The third-order valence-corrected chi connectivity index (χ3v) is 2.97. The zero-order chi connectivity index (χ0) is 13.6. The molecule has 2 aromatic rings. The van der Waals surface area contributed by atoms with Gasteiger partial charge in [-0.3, -0.25) is 0 Å². The van der Waals surface area contributed by atoms with Crippen LogP contribution in [0.25, 0.3) is 0 Å². The second-order valence-corrected chi connectivity index (χ2v) is 4.52. The Bertz CT molecular complexity index is 477. The van der Waals surface area contributed by atoms with Crippen molar-refractivity contribution in [3.05, 3.63) is 36.4 Å². The van der Waals surface area contributed by atoms with E-state index in [4.69, 9.17) is 0 Å². The molecule has 0 amide bonds. The van der Waals surface area contributed by atoms with E-state index in [1.165, 1.54) is 0 Å². The molecule has 6 nitrogen and oxygen atoms in total. The summed E-state index contributed by atoms with van der Waals surface area (Å²) in [5, 5.41) is 13.2. The third kappa shape index (κ3) is 3.28. The fraction of sp³-hybridized carbons (Fsp3) is 0.286. The van der Waals surface area contributed by atoms with Crippen molar-refractivity contribution < 1.29 is 0 Å². The zero-order valence-electron chi connectivity index (χ0n) is 11.2. The van der Waals surface area contributed by atoms with Crippen LogP contribution >= 0.6 is 0 Å². The van der Waals surface area contributed by atoms with E-state index < -0.39 is 0 Å². The van der Waals surface area contributed by atoms with E-state index in [1.54, 1.807) is 0 Å². The van der Waals surface area contributed by atoms with Gasteiger partial charge in [0.1, 0.15) is 23.3 Å². The fourth-order valence-electron chi connectivity index (χ4n) is 2.03. The van der Waals surface area contributed by atoms with E-state index in [1.807, 2.05) is 36.4 Å². The minimum absolute atomic E-state index is 0.787. The van der Waals surface area contributed by atoms with Crippen LogP contribution in [0.2, 0.25) is 0 Å². The maximum atomic E-state index is 4.50. The standard InChI is InChI=1S/C14H18N6/c1-3-11-15-7-9-17-13-5-2-6-14(20-13)18-10-8-16-12(4-1)19-11/h1-6H,7-10H2,(H2,15,16,19)(H2,17,18,20). The number of rotatable bonds is 0. The molecule has 0 saturated heterocycles. The molecule has 6 heteroatoms. The number of hydrogen-bond donors (Lipinski definition) is 4. The van der Waals surface area contributed by atoms with Crippen molar-refractivity contribution in [2.45, 2.75) is 0 Å². The Morgan fingerprint density at radius 1 is 0.550 bits per heavy atom. The summed E-state index contributed by atoms with van der Waals surface area (Å²) in [7, 11) is 0. The molecule has 4 N–H and O–H groups in total. The number of anilines is 4. The van der Waals surface area contributed by atoms with Gasteiger partial charge in [0.25, 0.3) is 0 Å². The van der Waals surface area contributed by atoms with Gasteiger partial charge in [0, 0.05) is 26.2 Å². The SMILES string of the molecule is c1cc2nc(c1)NCCNc1cccc(n1)NCCN2. The van der Waals surface area contributed by atoms with Gasteiger partial charge in [-0.05, 0) is 24.3 Å². The van der Waals surface area contributed by atoms with Gasteiger partial charge in [-0.15, -0.1) is 0 Å². The molecule has 3 heterocycles. The van der Waals surface area contributed by atoms with Gasteiger partial charge in [0.15, 0.2) is 0 Å². The largest absolute Gasteiger partial charge is 0.368 e. The second kappa shape index (κ2) is 6.10. The third-order valence-electron chi connectivity index (χ3n) is 2.97. The number of aromatic nitrogens is 2. The van der Waals surface area contributed by atoms with Gasteiger partial charge in [-0.2, -0.15) is 0 Å². The molecule has 1 aliphatic rings. The highest BCUT2D eigenvalue weighted by Crippen LogP contribution is 2.11. The van der Waals surface area contributed by atoms with Crippen LogP contribution in [0.5, 0.6) is 0 Å². The first-order chi connectivity index (χ1) is 9.90. The molecule has 0 fully saturated rings. The van der Waals surface area contributed by atoms with E-state index in [2.05, 4.69) is 31.2 Å². The number of nitrogens with one attached hydrogen (secondary N) is 4. The summed E-state index contributed by atoms with van der Waals surface area (Å²) in [6, 6.07) is 11.9. The maximum Gasteiger partial charge on any atom is 0.128 e. The predicted octanol–water partition coefficient (Wildman–Crippen LogP) is 1.84. The van der Waals surface area contributed by atoms with Gasteiger partial charge in [-0.1, -0.05) is 12.1 Å². The van der Waals surface area contributed by atoms with Gasteiger partial charge in [0.2, 0.25) is 0 Å². The fourth-order valence-corrected chi connectivity index (χ4v) is 2.03. The highest BCUT2D eigenvalue weighted by Gasteiger charge is 2.00. The van der Waals surface area contributed by atoms with Crippen molar-refractivity contribution in [2.75, 3.05) is 47.4 Å². The molecular formula is C14H18N6. The summed E-state index contributed by atoms with van der Waals surface area (Å²) in [6.45, 7) is 3.15. The average molecular weight is 270 g/mol. The molecule has 20 heavy (non-hydrogen) atoms. The summed E-state index contributed by atoms with van der Waals surface area (Å²) in [5.74, 6) is 3.51. The highest BCUT2D eigenvalue weighted by atomic mass is 15.1. The van der Waals surface area contributed by atoms with Crippen molar-refractivity contribution >= 4 is 23.3 Å². The molecule has 0 radical (unpaired) electrons. The number of fused-ring (bicyclic) bond motifs is 4. The molecule has 2 aromatic heterocycles. The number of pyridine rings is 2. The summed E-state index contributed by atoms with van der Waals surface area (Å²) in [6.07, 6.45) is 0. The normalized spacial score (nSPS) is 14.8. The van der Waals surface area contributed by atoms with Crippen molar-refractivity contribution in [1.82, 2.24) is 9.97 Å². The average Bonchev–Trinajstić information content (AvgIpc) is 2.48. The Balaban J connectivity index is 1.73. The Hall–Kier alpha value is -2.50. The predicted molar refractivity (Wildman–Crippen MR) is 82.4 cm³/mol. The lowest BCUT2D eigenvalue weighted by Gasteiger charge is -2.13. The molecule has 0 spiro atoms. The van der Waals surface area contributed by atoms with Crippen LogP contribution in [0.4, 0.5) is 23.3 Å². The van der Waals surface area contributed by atoms with Crippen LogP contribution in [0.1, 0.15) is 0 Å². The molecule has 4 bridgehead atoms. The monoisotopic (exact) mass is 270 g/mol. The van der Waals surface area contributed by atoms with Gasteiger partial charge in [0.05, 0.1) is 0 Å². The Labute approximate surface area is 118 Å². The van der Waals surface area contributed by atoms with Crippen LogP contribution in [-0.4, -0.2) is 36.1 Å². The van der Waals surface area contributed by atoms with Gasteiger partial charge >= 0.3 is 0 Å². The molecule has 0 aromatic carbocycles. The minimum atomic E-state index is 0.787. The first-order valence-electron chi connectivity index (χ1n) is 6.80. The molecule has 0 unspecified atom stereocenters. The second-order valence-electron chi connectivity index (χ2n) is 4.52. The lowest BCUT2D eigenvalue weighted by molar-refractivity contribution is 1.01. The van der Waals surface area contributed by atoms with Crippen LogP contribution < -0.4 is 21.3 Å². The highest BCUT2D eigenvalue weighted by molar-refractivity contribution is 5.47. The smallest absolute Gasteiger partial charge is 0.128 e. The van der Waals surface area contributed by atoms with Crippen molar-refractivity contribution in [2.24, 2.45) is 0 Å². The molecule has 1 aliphatic heterocycles. The molecule has 0 atom stereocenters. The Morgan fingerprint density at radius 3 is 1.15 bits per heavy atom. The minimum Gasteiger partial charge on any atom is -0.368 e. The first kappa shape index (κ1) is 12.5. The quantitative estimate of drug-likeness (QED) is 0.585. The first-order valence-corrected chi connectivity index (χ1v) is 6.80. The number of nitrogens with zero attached hydrogens (tertiary/aromatic N) is 2. The summed E-state index contributed by atoms with van der Waals surface area (Å²) < 4.78 is 0. The lowest BCUT2D eigenvalue weighted by Crippen LogP contribution is -2.18. The Kier molecular flexibility index (Phi) is 3.82. The van der Waals surface area contributed by atoms with E-state index in [0.717, 1.165) is 49.5 Å². The van der Waals surface area contributed by atoms with Crippen LogP contribution in [0, 0.1) is 0 Å². The molecule has 0 saturated carbocycles. The van der Waals surface area contributed by atoms with Crippen molar-refractivity contribution in [3.63, 3.8) is 0 Å². The molecule has 0 aliphatic carbocycles. The summed E-state index contributed by atoms with van der Waals surface area (Å²) in [4.78, 5) is 8.99. The van der Waals surface area contributed by atoms with Gasteiger partial charge in [-0.25, -0.2) is 9.97 Å². The molecular weight excluding hydrogens is 252 g/mol. The van der Waals surface area contributed by atoms with Gasteiger partial charge < -0.3 is 21.3 Å². The van der Waals surface area contributed by atoms with E-state index in [0.29, 0.717) is 0 Å². The van der Waals surface area contributed by atoms with Crippen LogP contribution in [-0.2, 0) is 0 Å². The van der Waals surface area contributed by atoms with Crippen LogP contribution in [0.3, 0.4) is 0 Å². The Morgan fingerprint density at radius 2 is 0.850 bits per heavy atom. The maximum absolute atomic E-state index is 4.50. The molecule has 104 valence electrons. The van der Waals surface area contributed by atoms with Crippen molar-refractivity contribution in [3.8, 4) is 0 Å². The molecule has 3 rings (SSSR count). The van der Waals surface area contributed by atoms with E-state index in [-0.39, 0.29) is 0 Å². The van der Waals surface area contributed by atoms with E-state index >= 15 is 0 Å². The summed E-state index contributed by atoms with van der Waals surface area (Å²) in [5.41, 5.74) is 0. The van der Waals surface area contributed by atoms with E-state index in [9.17, 15) is 0 Å². The zero-order valence-corrected chi connectivity index (χ0v) is 11.2. The summed E-state index contributed by atoms with van der Waals surface area (Å²) >= 11 is 0. The lowest BCUT2D eigenvalue weighted by atomic mass is 10.4. The van der Waals surface area contributed by atoms with Crippen LogP contribution in [0.15, 0.2) is 36.4 Å². The number of hydrogen-bond acceptors (Lipinski definition) is 6. The topological polar surface area (TPSA) is 73.9 Å².